The van der Waals surface area contributed by atoms with Crippen molar-refractivity contribution in [2.24, 2.45) is 0 Å². The Kier molecular flexibility index (Phi) is 6.14. The molecule has 134 valence electrons. The van der Waals surface area contributed by atoms with Crippen molar-refractivity contribution in [3.05, 3.63) is 24.3 Å². The van der Waals surface area contributed by atoms with Gasteiger partial charge in [0.25, 0.3) is 0 Å². The first kappa shape index (κ1) is 18.0. The van der Waals surface area contributed by atoms with Gasteiger partial charge in [-0.25, -0.2) is 0 Å². The van der Waals surface area contributed by atoms with Gasteiger partial charge in [-0.15, -0.1) is 10.2 Å². The maximum Gasteiger partial charge on any atom is 0.237 e. The molecule has 1 unspecified atom stereocenters. The number of carbonyl (C=O) groups is 1. The number of nitrogens with one attached hydrogen (secondary N) is 1. The van der Waals surface area contributed by atoms with Crippen LogP contribution in [0.4, 0.5) is 10.8 Å². The molecule has 8 heteroatoms. The minimum absolute atomic E-state index is 0.0740. The number of anilines is 2. The zero-order chi connectivity index (χ0) is 17.6. The van der Waals surface area contributed by atoms with Crippen molar-refractivity contribution in [3.8, 4) is 5.75 Å². The Balaban J connectivity index is 1.59. The van der Waals surface area contributed by atoms with Crippen LogP contribution in [0.3, 0.4) is 0 Å². The maximum absolute atomic E-state index is 12.5. The maximum atomic E-state index is 12.5. The molecule has 1 aliphatic rings. The smallest absolute Gasteiger partial charge is 0.237 e. The minimum atomic E-state index is -0.269. The predicted octanol–water partition coefficient (Wildman–Crippen LogP) is 3.66. The minimum Gasteiger partial charge on any atom is -0.492 e. The fraction of sp³-hybridized carbons (Fsp3) is 0.471. The van der Waals surface area contributed by atoms with Crippen molar-refractivity contribution in [2.45, 2.75) is 36.3 Å². The van der Waals surface area contributed by atoms with E-state index >= 15 is 0 Å². The molecule has 0 saturated carbocycles. The third kappa shape index (κ3) is 4.64. The van der Waals surface area contributed by atoms with Crippen LogP contribution < -0.4 is 15.0 Å². The second-order valence-electron chi connectivity index (χ2n) is 5.72. The van der Waals surface area contributed by atoms with Gasteiger partial charge in [0.2, 0.25) is 11.0 Å². The number of para-hydroxylation sites is 2. The molecule has 25 heavy (non-hydrogen) atoms. The molecule has 1 N–H and O–H groups in total. The highest BCUT2D eigenvalue weighted by molar-refractivity contribution is 8.02. The molecule has 6 nitrogen and oxygen atoms in total. The highest BCUT2D eigenvalue weighted by Gasteiger charge is 2.21. The Labute approximate surface area is 156 Å². The number of aromatic nitrogens is 2. The largest absolute Gasteiger partial charge is 0.492 e. The van der Waals surface area contributed by atoms with E-state index in [9.17, 15) is 4.79 Å². The van der Waals surface area contributed by atoms with E-state index in [4.69, 9.17) is 4.74 Å². The first-order valence-corrected chi connectivity index (χ1v) is 10.1. The molecular weight excluding hydrogens is 356 g/mol. The lowest BCUT2D eigenvalue weighted by Gasteiger charge is -2.14. The lowest BCUT2D eigenvalue weighted by molar-refractivity contribution is -0.115. The van der Waals surface area contributed by atoms with Crippen LogP contribution in [0.1, 0.15) is 26.7 Å². The van der Waals surface area contributed by atoms with Gasteiger partial charge in [0, 0.05) is 13.1 Å². The Morgan fingerprint density at radius 2 is 2.12 bits per heavy atom. The van der Waals surface area contributed by atoms with Crippen LogP contribution in [-0.2, 0) is 4.79 Å². The number of hydrogen-bond donors (Lipinski definition) is 1. The van der Waals surface area contributed by atoms with Crippen LogP contribution in [0.15, 0.2) is 28.6 Å². The predicted molar refractivity (Wildman–Crippen MR) is 103 cm³/mol. The van der Waals surface area contributed by atoms with Crippen LogP contribution in [0.5, 0.6) is 5.75 Å². The van der Waals surface area contributed by atoms with E-state index in [0.29, 0.717) is 18.0 Å². The summed E-state index contributed by atoms with van der Waals surface area (Å²) in [5.74, 6) is 0.609. The second kappa shape index (κ2) is 8.53. The average molecular weight is 379 g/mol. The first-order chi connectivity index (χ1) is 12.2. The summed E-state index contributed by atoms with van der Waals surface area (Å²) in [5, 5.41) is 12.1. The summed E-state index contributed by atoms with van der Waals surface area (Å²) in [6.45, 7) is 6.44. The Morgan fingerprint density at radius 3 is 2.88 bits per heavy atom. The molecular formula is C17H22N4O2S2. The van der Waals surface area contributed by atoms with Gasteiger partial charge < -0.3 is 15.0 Å². The van der Waals surface area contributed by atoms with Crippen molar-refractivity contribution in [2.75, 3.05) is 29.9 Å². The Hall–Kier alpha value is -1.80. The van der Waals surface area contributed by atoms with Gasteiger partial charge >= 0.3 is 0 Å². The molecule has 0 spiro atoms. The Morgan fingerprint density at radius 1 is 1.36 bits per heavy atom. The Bertz CT molecular complexity index is 716. The molecule has 0 radical (unpaired) electrons. The fourth-order valence-corrected chi connectivity index (χ4v) is 4.61. The van der Waals surface area contributed by atoms with E-state index in [-0.39, 0.29) is 11.2 Å². The van der Waals surface area contributed by atoms with E-state index < -0.39 is 0 Å². The number of nitrogens with zero attached hydrogens (tertiary/aromatic N) is 3. The number of thioether (sulfide) groups is 1. The van der Waals surface area contributed by atoms with Gasteiger partial charge in [-0.1, -0.05) is 35.2 Å². The second-order valence-corrected chi connectivity index (χ2v) is 8.27. The molecule has 2 aromatic rings. The number of ether oxygens (including phenoxy) is 1. The number of rotatable bonds is 7. The standard InChI is InChI=1S/C17H22N4O2S2/c1-3-23-14-9-5-4-8-13(14)18-15(22)12(2)24-17-20-19-16(25-17)21-10-6-7-11-21/h4-5,8-9,12H,3,6-7,10-11H2,1-2H3,(H,18,22). The zero-order valence-corrected chi connectivity index (χ0v) is 16.0. The van der Waals surface area contributed by atoms with Gasteiger partial charge in [-0.3, -0.25) is 4.79 Å². The number of carbonyl (C=O) groups excluding carboxylic acids is 1. The summed E-state index contributed by atoms with van der Waals surface area (Å²) in [6.07, 6.45) is 2.42. The van der Waals surface area contributed by atoms with Crippen LogP contribution in [0.25, 0.3) is 0 Å². The quantitative estimate of drug-likeness (QED) is 0.742. The monoisotopic (exact) mass is 378 g/mol. The summed E-state index contributed by atoms with van der Waals surface area (Å²) < 4.78 is 6.37. The van der Waals surface area contributed by atoms with E-state index in [1.165, 1.54) is 24.6 Å². The summed E-state index contributed by atoms with van der Waals surface area (Å²) in [7, 11) is 0. The van der Waals surface area contributed by atoms with Crippen molar-refractivity contribution in [1.29, 1.82) is 0 Å². The van der Waals surface area contributed by atoms with Crippen LogP contribution in [-0.4, -0.2) is 41.1 Å². The van der Waals surface area contributed by atoms with E-state index in [1.54, 1.807) is 11.3 Å². The fourth-order valence-electron chi connectivity index (χ4n) is 2.58. The third-order valence-electron chi connectivity index (χ3n) is 3.86. The van der Waals surface area contributed by atoms with E-state index in [1.807, 2.05) is 38.1 Å². The van der Waals surface area contributed by atoms with Gasteiger partial charge in [0.15, 0.2) is 4.34 Å². The van der Waals surface area contributed by atoms with Crippen molar-refractivity contribution in [1.82, 2.24) is 10.2 Å². The molecule has 1 saturated heterocycles. The summed E-state index contributed by atoms with van der Waals surface area (Å²) >= 11 is 2.99. The SMILES string of the molecule is CCOc1ccccc1NC(=O)C(C)Sc1nnc(N2CCCC2)s1. The molecule has 0 aliphatic carbocycles. The molecule has 1 atom stereocenters. The van der Waals surface area contributed by atoms with Gasteiger partial charge in [0.1, 0.15) is 5.75 Å². The van der Waals surface area contributed by atoms with Crippen LogP contribution >= 0.6 is 23.1 Å². The molecule has 1 amide bonds. The summed E-state index contributed by atoms with van der Waals surface area (Å²) in [6, 6.07) is 7.46. The first-order valence-electron chi connectivity index (χ1n) is 8.45. The topological polar surface area (TPSA) is 67.3 Å². The highest BCUT2D eigenvalue weighted by atomic mass is 32.2. The van der Waals surface area contributed by atoms with Gasteiger partial charge in [-0.05, 0) is 38.8 Å². The number of hydrogen-bond acceptors (Lipinski definition) is 7. The molecule has 3 rings (SSSR count). The zero-order valence-electron chi connectivity index (χ0n) is 14.4. The van der Waals surface area contributed by atoms with Crippen molar-refractivity contribution >= 4 is 39.8 Å². The molecule has 0 bridgehead atoms. The normalized spacial score (nSPS) is 15.2. The molecule has 1 aromatic carbocycles. The number of benzene rings is 1. The molecule has 1 aliphatic heterocycles. The van der Waals surface area contributed by atoms with E-state index in [2.05, 4.69) is 20.4 Å². The van der Waals surface area contributed by atoms with E-state index in [0.717, 1.165) is 22.6 Å². The lowest BCUT2D eigenvalue weighted by atomic mass is 10.3. The molecule has 1 aromatic heterocycles. The molecule has 1 fully saturated rings. The summed E-state index contributed by atoms with van der Waals surface area (Å²) in [5.41, 5.74) is 0.691. The van der Waals surface area contributed by atoms with Crippen LogP contribution in [0.2, 0.25) is 0 Å². The third-order valence-corrected chi connectivity index (χ3v) is 6.03. The number of amides is 1. The molecule has 2 heterocycles. The van der Waals surface area contributed by atoms with Gasteiger partial charge in [0.05, 0.1) is 17.5 Å². The highest BCUT2D eigenvalue weighted by Crippen LogP contribution is 2.33. The summed E-state index contributed by atoms with van der Waals surface area (Å²) in [4.78, 5) is 14.7. The van der Waals surface area contributed by atoms with Crippen LogP contribution in [0, 0.1) is 0 Å². The van der Waals surface area contributed by atoms with Gasteiger partial charge in [-0.2, -0.15) is 0 Å². The van der Waals surface area contributed by atoms with Crippen molar-refractivity contribution < 1.29 is 9.53 Å². The lowest BCUT2D eigenvalue weighted by Crippen LogP contribution is -2.22. The average Bonchev–Trinajstić information content (AvgIpc) is 3.28. The van der Waals surface area contributed by atoms with Crippen molar-refractivity contribution in [3.63, 3.8) is 0 Å².